The number of rotatable bonds is 7. The zero-order valence-corrected chi connectivity index (χ0v) is 24.5. The van der Waals surface area contributed by atoms with Crippen molar-refractivity contribution in [2.75, 3.05) is 13.1 Å². The number of nitrogens with one attached hydrogen (secondary N) is 2. The molecule has 2 amide bonds. The molecule has 4 N–H and O–H groups in total. The Morgan fingerprint density at radius 1 is 0.714 bits per heavy atom. The van der Waals surface area contributed by atoms with Crippen LogP contribution in [0.3, 0.4) is 0 Å². The van der Waals surface area contributed by atoms with Crippen LogP contribution in [0.2, 0.25) is 0 Å². The predicted octanol–water partition coefficient (Wildman–Crippen LogP) is 5.46. The number of amides is 2. The number of H-pyrrole nitrogens is 2. The average molecular weight is 566 g/mol. The second-order valence-corrected chi connectivity index (χ2v) is 11.8. The maximum atomic E-state index is 12.7. The molecular weight excluding hydrogens is 526 g/mol. The Morgan fingerprint density at radius 2 is 1.12 bits per heavy atom. The van der Waals surface area contributed by atoms with E-state index in [1.54, 1.807) is 6.92 Å². The summed E-state index contributed by atoms with van der Waals surface area (Å²) in [7, 11) is 0. The normalized spacial score (nSPS) is 19.5. The number of carbonyl (C=O) groups is 2. The number of hydrogen-bond acceptors (Lipinski definition) is 5. The quantitative estimate of drug-likeness (QED) is 0.274. The standard InChI is InChI=1S/C33H39N7O2/c1-20(2)32(41)39-16-4-6-28(39)30-35-18-26(37-30)24-12-8-22(9-13-24)23-10-14-25(15-11-23)27-19-36-31(38-27)29-7-5-17-40(29)33(42)21(3)34/h8-15,18-21,28-29H,4-7,16-17,34H2,1-3H3,(H,35,37)(H,36,38)/t21-,28-,29-/m0/s1. The third-order valence-electron chi connectivity index (χ3n) is 8.50. The molecule has 0 saturated carbocycles. The number of benzene rings is 2. The van der Waals surface area contributed by atoms with E-state index in [9.17, 15) is 9.59 Å². The molecule has 9 nitrogen and oxygen atoms in total. The molecule has 2 aliphatic rings. The lowest BCUT2D eigenvalue weighted by molar-refractivity contribution is -0.135. The fourth-order valence-electron chi connectivity index (χ4n) is 6.21. The molecule has 6 rings (SSSR count). The molecule has 42 heavy (non-hydrogen) atoms. The Labute approximate surface area is 246 Å². The van der Waals surface area contributed by atoms with Crippen LogP contribution in [0.1, 0.15) is 70.2 Å². The van der Waals surface area contributed by atoms with Gasteiger partial charge in [0.05, 0.1) is 41.9 Å². The van der Waals surface area contributed by atoms with Crippen LogP contribution in [0.5, 0.6) is 0 Å². The van der Waals surface area contributed by atoms with Gasteiger partial charge in [0, 0.05) is 19.0 Å². The molecule has 0 unspecified atom stereocenters. The third kappa shape index (κ3) is 5.36. The van der Waals surface area contributed by atoms with Gasteiger partial charge >= 0.3 is 0 Å². The molecule has 0 bridgehead atoms. The van der Waals surface area contributed by atoms with E-state index >= 15 is 0 Å². The third-order valence-corrected chi connectivity index (χ3v) is 8.50. The number of aromatic amines is 2. The molecule has 4 heterocycles. The minimum atomic E-state index is -0.511. The lowest BCUT2D eigenvalue weighted by Gasteiger charge is -2.25. The Morgan fingerprint density at radius 3 is 1.52 bits per heavy atom. The van der Waals surface area contributed by atoms with Gasteiger partial charge in [-0.2, -0.15) is 0 Å². The highest BCUT2D eigenvalue weighted by molar-refractivity contribution is 5.82. The second-order valence-electron chi connectivity index (χ2n) is 11.8. The maximum Gasteiger partial charge on any atom is 0.239 e. The van der Waals surface area contributed by atoms with Gasteiger partial charge in [-0.15, -0.1) is 0 Å². The van der Waals surface area contributed by atoms with Crippen LogP contribution >= 0.6 is 0 Å². The van der Waals surface area contributed by atoms with Crippen molar-refractivity contribution in [2.45, 2.75) is 64.6 Å². The lowest BCUT2D eigenvalue weighted by Crippen LogP contribution is -2.41. The number of carbonyl (C=O) groups excluding carboxylic acids is 2. The molecule has 4 aromatic rings. The van der Waals surface area contributed by atoms with Crippen molar-refractivity contribution in [3.63, 3.8) is 0 Å². The van der Waals surface area contributed by atoms with Crippen LogP contribution in [0.4, 0.5) is 0 Å². The van der Waals surface area contributed by atoms with E-state index in [2.05, 4.69) is 68.5 Å². The summed E-state index contributed by atoms with van der Waals surface area (Å²) >= 11 is 0. The first-order chi connectivity index (χ1) is 20.3. The Bertz CT molecular complexity index is 1430. The smallest absolute Gasteiger partial charge is 0.239 e. The van der Waals surface area contributed by atoms with Gasteiger partial charge < -0.3 is 25.5 Å². The van der Waals surface area contributed by atoms with Crippen molar-refractivity contribution in [3.8, 4) is 33.6 Å². The second kappa shape index (κ2) is 11.6. The highest BCUT2D eigenvalue weighted by Crippen LogP contribution is 2.34. The predicted molar refractivity (Wildman–Crippen MR) is 163 cm³/mol. The summed E-state index contributed by atoms with van der Waals surface area (Å²) in [5, 5.41) is 0. The van der Waals surface area contributed by atoms with Gasteiger partial charge in [0.25, 0.3) is 0 Å². The highest BCUT2D eigenvalue weighted by atomic mass is 16.2. The zero-order chi connectivity index (χ0) is 29.4. The van der Waals surface area contributed by atoms with E-state index in [0.29, 0.717) is 6.54 Å². The summed E-state index contributed by atoms with van der Waals surface area (Å²) < 4.78 is 0. The summed E-state index contributed by atoms with van der Waals surface area (Å²) in [5.41, 5.74) is 12.1. The first kappa shape index (κ1) is 27.9. The first-order valence-electron chi connectivity index (χ1n) is 15.0. The van der Waals surface area contributed by atoms with Crippen molar-refractivity contribution in [2.24, 2.45) is 11.7 Å². The molecule has 0 spiro atoms. The van der Waals surface area contributed by atoms with Gasteiger partial charge in [-0.05, 0) is 54.9 Å². The van der Waals surface area contributed by atoms with E-state index in [4.69, 9.17) is 5.73 Å². The summed E-state index contributed by atoms with van der Waals surface area (Å²) in [6.45, 7) is 7.14. The largest absolute Gasteiger partial charge is 0.340 e. The number of hydrogen-bond donors (Lipinski definition) is 3. The van der Waals surface area contributed by atoms with E-state index in [0.717, 1.165) is 77.5 Å². The van der Waals surface area contributed by atoms with Crippen LogP contribution in [0.25, 0.3) is 33.6 Å². The molecule has 2 saturated heterocycles. The van der Waals surface area contributed by atoms with Crippen molar-refractivity contribution in [1.82, 2.24) is 29.7 Å². The van der Waals surface area contributed by atoms with Gasteiger partial charge in [-0.1, -0.05) is 62.4 Å². The van der Waals surface area contributed by atoms with Crippen LogP contribution in [0, 0.1) is 5.92 Å². The SMILES string of the molecule is CC(C)C(=O)N1CCC[C@H]1c1ncc(-c2ccc(-c3ccc(-c4cnc([C@@H]5CCCN5C(=O)[C@H](C)N)[nH]4)cc3)cc2)[nH]1. The number of aromatic nitrogens is 4. The Hall–Kier alpha value is -4.24. The van der Waals surface area contributed by atoms with Gasteiger partial charge in [0.15, 0.2) is 0 Å². The van der Waals surface area contributed by atoms with E-state index < -0.39 is 6.04 Å². The van der Waals surface area contributed by atoms with E-state index in [-0.39, 0.29) is 29.8 Å². The van der Waals surface area contributed by atoms with Crippen LogP contribution in [0.15, 0.2) is 60.9 Å². The average Bonchev–Trinajstić information content (AvgIpc) is 3.82. The van der Waals surface area contributed by atoms with Gasteiger partial charge in [0.1, 0.15) is 11.6 Å². The molecule has 0 aliphatic carbocycles. The Kier molecular flexibility index (Phi) is 7.68. The topological polar surface area (TPSA) is 124 Å². The molecule has 0 radical (unpaired) electrons. The molecule has 218 valence electrons. The van der Waals surface area contributed by atoms with Gasteiger partial charge in [0.2, 0.25) is 11.8 Å². The number of imidazole rings is 2. The maximum absolute atomic E-state index is 12.7. The molecule has 2 fully saturated rings. The summed E-state index contributed by atoms with van der Waals surface area (Å²) in [4.78, 5) is 45.2. The molecule has 2 aromatic heterocycles. The van der Waals surface area contributed by atoms with Crippen molar-refractivity contribution >= 4 is 11.8 Å². The first-order valence-corrected chi connectivity index (χ1v) is 15.0. The van der Waals surface area contributed by atoms with E-state index in [1.807, 2.05) is 36.0 Å². The van der Waals surface area contributed by atoms with Crippen molar-refractivity contribution in [1.29, 1.82) is 0 Å². The van der Waals surface area contributed by atoms with Crippen LogP contribution in [-0.4, -0.2) is 60.7 Å². The number of nitrogens with zero attached hydrogens (tertiary/aromatic N) is 4. The summed E-state index contributed by atoms with van der Waals surface area (Å²) in [6, 6.07) is 16.3. The van der Waals surface area contributed by atoms with Crippen LogP contribution < -0.4 is 5.73 Å². The minimum Gasteiger partial charge on any atom is -0.340 e. The van der Waals surface area contributed by atoms with Crippen molar-refractivity contribution in [3.05, 3.63) is 72.6 Å². The molecular formula is C33H39N7O2. The zero-order valence-electron chi connectivity index (χ0n) is 24.5. The van der Waals surface area contributed by atoms with Crippen LogP contribution in [-0.2, 0) is 9.59 Å². The monoisotopic (exact) mass is 565 g/mol. The highest BCUT2D eigenvalue weighted by Gasteiger charge is 2.34. The number of likely N-dealkylation sites (tertiary alicyclic amines) is 2. The fraction of sp³-hybridized carbons (Fsp3) is 0.394. The lowest BCUT2D eigenvalue weighted by atomic mass is 10.0. The number of nitrogens with two attached hydrogens (primary N) is 1. The van der Waals surface area contributed by atoms with Crippen molar-refractivity contribution < 1.29 is 9.59 Å². The molecule has 9 heteroatoms. The fourth-order valence-corrected chi connectivity index (χ4v) is 6.21. The molecule has 2 aromatic carbocycles. The molecule has 3 atom stereocenters. The minimum absolute atomic E-state index is 0.0149. The summed E-state index contributed by atoms with van der Waals surface area (Å²) in [5.74, 6) is 1.81. The molecule has 2 aliphatic heterocycles. The summed E-state index contributed by atoms with van der Waals surface area (Å²) in [6.07, 6.45) is 7.48. The van der Waals surface area contributed by atoms with Gasteiger partial charge in [-0.3, -0.25) is 9.59 Å². The van der Waals surface area contributed by atoms with E-state index in [1.165, 1.54) is 0 Å². The Balaban J connectivity index is 1.13. The van der Waals surface area contributed by atoms with Gasteiger partial charge in [-0.25, -0.2) is 9.97 Å².